The Morgan fingerprint density at radius 1 is 1.42 bits per heavy atom. The summed E-state index contributed by atoms with van der Waals surface area (Å²) in [5, 5.41) is -0.0316. The van der Waals surface area contributed by atoms with Crippen LogP contribution in [0.25, 0.3) is 0 Å². The molecule has 7 heteroatoms. The van der Waals surface area contributed by atoms with Crippen molar-refractivity contribution < 1.29 is 13.0 Å². The molecule has 0 amide bonds. The standard InChI is InChI=1S/C5H3Cl2NO3S/c6-4-1-3(12(9,10)11)2-8-5(4)7/h1-2H,(H,9,10,11). The van der Waals surface area contributed by atoms with Gasteiger partial charge in [0.25, 0.3) is 10.1 Å². The van der Waals surface area contributed by atoms with Crippen LogP contribution in [0.4, 0.5) is 0 Å². The molecule has 0 fully saturated rings. The second kappa shape index (κ2) is 3.18. The average Bonchev–Trinajstić information content (AvgIpc) is 1.92. The van der Waals surface area contributed by atoms with Crippen LogP contribution in [0, 0.1) is 0 Å². The Labute approximate surface area is 78.9 Å². The third-order valence-electron chi connectivity index (χ3n) is 1.07. The van der Waals surface area contributed by atoms with E-state index in [-0.39, 0.29) is 15.1 Å². The number of pyridine rings is 1. The fourth-order valence-corrected chi connectivity index (χ4v) is 1.33. The molecule has 0 spiro atoms. The molecule has 0 saturated heterocycles. The molecule has 1 aromatic rings. The first-order valence-corrected chi connectivity index (χ1v) is 4.89. The molecule has 0 aliphatic rings. The molecule has 1 heterocycles. The van der Waals surface area contributed by atoms with Gasteiger partial charge in [-0.25, -0.2) is 4.98 Å². The molecule has 4 nitrogen and oxygen atoms in total. The van der Waals surface area contributed by atoms with Crippen LogP contribution in [0.3, 0.4) is 0 Å². The van der Waals surface area contributed by atoms with Crippen molar-refractivity contribution >= 4 is 33.3 Å². The van der Waals surface area contributed by atoms with Gasteiger partial charge in [0.15, 0.2) is 0 Å². The van der Waals surface area contributed by atoms with Crippen LogP contribution in [0.2, 0.25) is 10.2 Å². The summed E-state index contributed by atoms with van der Waals surface area (Å²) in [6, 6.07) is 1.02. The summed E-state index contributed by atoms with van der Waals surface area (Å²) in [4.78, 5) is 3.06. The van der Waals surface area contributed by atoms with Crippen molar-refractivity contribution in [1.82, 2.24) is 4.98 Å². The summed E-state index contributed by atoms with van der Waals surface area (Å²) in [6.45, 7) is 0. The molecule has 0 aromatic carbocycles. The van der Waals surface area contributed by atoms with Crippen molar-refractivity contribution in [2.24, 2.45) is 0 Å². The summed E-state index contributed by atoms with van der Waals surface area (Å²) in [5.41, 5.74) is 0. The highest BCUT2D eigenvalue weighted by atomic mass is 35.5. The van der Waals surface area contributed by atoms with E-state index in [1.165, 1.54) is 0 Å². The van der Waals surface area contributed by atoms with Gasteiger partial charge in [-0.2, -0.15) is 8.42 Å². The third kappa shape index (κ3) is 2.07. The maximum absolute atomic E-state index is 10.5. The van der Waals surface area contributed by atoms with E-state index < -0.39 is 10.1 Å². The lowest BCUT2D eigenvalue weighted by Gasteiger charge is -1.97. The number of aromatic nitrogens is 1. The van der Waals surface area contributed by atoms with Crippen LogP contribution in [-0.4, -0.2) is 18.0 Å². The highest BCUT2D eigenvalue weighted by Crippen LogP contribution is 2.21. The van der Waals surface area contributed by atoms with E-state index in [1.54, 1.807) is 0 Å². The van der Waals surface area contributed by atoms with E-state index in [9.17, 15) is 8.42 Å². The van der Waals surface area contributed by atoms with E-state index in [2.05, 4.69) is 4.98 Å². The first-order valence-electron chi connectivity index (χ1n) is 2.70. The lowest BCUT2D eigenvalue weighted by Crippen LogP contribution is -1.98. The van der Waals surface area contributed by atoms with Gasteiger partial charge in [0.05, 0.1) is 5.02 Å². The predicted octanol–water partition coefficient (Wildman–Crippen LogP) is 1.64. The Morgan fingerprint density at radius 3 is 2.42 bits per heavy atom. The fraction of sp³-hybridized carbons (Fsp3) is 0. The highest BCUT2D eigenvalue weighted by Gasteiger charge is 2.11. The number of rotatable bonds is 1. The van der Waals surface area contributed by atoms with Gasteiger partial charge in [-0.1, -0.05) is 23.2 Å². The van der Waals surface area contributed by atoms with Crippen molar-refractivity contribution in [2.45, 2.75) is 4.90 Å². The zero-order valence-corrected chi connectivity index (χ0v) is 7.86. The topological polar surface area (TPSA) is 67.3 Å². The molecular weight excluding hydrogens is 225 g/mol. The predicted molar refractivity (Wildman–Crippen MR) is 44.1 cm³/mol. The average molecular weight is 228 g/mol. The normalized spacial score (nSPS) is 11.6. The Balaban J connectivity index is 3.33. The fourth-order valence-electron chi connectivity index (χ4n) is 0.545. The molecule has 1 aromatic heterocycles. The third-order valence-corrected chi connectivity index (χ3v) is 2.57. The van der Waals surface area contributed by atoms with Crippen LogP contribution >= 0.6 is 23.2 Å². The number of halogens is 2. The Morgan fingerprint density at radius 2 is 2.00 bits per heavy atom. The molecular formula is C5H3Cl2NO3S. The van der Waals surface area contributed by atoms with Gasteiger partial charge in [0.2, 0.25) is 0 Å². The molecule has 1 N–H and O–H groups in total. The number of hydrogen-bond acceptors (Lipinski definition) is 3. The first-order chi connectivity index (χ1) is 5.41. The van der Waals surface area contributed by atoms with Gasteiger partial charge in [-0.05, 0) is 6.07 Å². The number of hydrogen-bond donors (Lipinski definition) is 1. The van der Waals surface area contributed by atoms with Crippen LogP contribution < -0.4 is 0 Å². The van der Waals surface area contributed by atoms with Crippen LogP contribution in [0.15, 0.2) is 17.2 Å². The van der Waals surface area contributed by atoms with E-state index in [1.807, 2.05) is 0 Å². The molecule has 12 heavy (non-hydrogen) atoms. The second-order valence-electron chi connectivity index (χ2n) is 1.92. The van der Waals surface area contributed by atoms with Crippen LogP contribution in [0.1, 0.15) is 0 Å². The first kappa shape index (κ1) is 9.73. The molecule has 0 saturated carbocycles. The van der Waals surface area contributed by atoms with Gasteiger partial charge in [-0.3, -0.25) is 4.55 Å². The van der Waals surface area contributed by atoms with Gasteiger partial charge >= 0.3 is 0 Å². The van der Waals surface area contributed by atoms with Gasteiger partial charge in [-0.15, -0.1) is 0 Å². The minimum atomic E-state index is -4.25. The molecule has 0 atom stereocenters. The Bertz CT molecular complexity index is 403. The zero-order chi connectivity index (χ0) is 9.35. The van der Waals surface area contributed by atoms with E-state index in [0.29, 0.717) is 0 Å². The lowest BCUT2D eigenvalue weighted by atomic mass is 10.5. The SMILES string of the molecule is O=S(=O)(O)c1cnc(Cl)c(Cl)c1. The summed E-state index contributed by atoms with van der Waals surface area (Å²) in [6.07, 6.45) is 0.920. The van der Waals surface area contributed by atoms with E-state index in [4.69, 9.17) is 27.8 Å². The zero-order valence-electron chi connectivity index (χ0n) is 5.53. The minimum absolute atomic E-state index is 0.0101. The summed E-state index contributed by atoms with van der Waals surface area (Å²) < 4.78 is 29.6. The molecule has 66 valence electrons. The van der Waals surface area contributed by atoms with Gasteiger partial charge in [0.1, 0.15) is 10.0 Å². The summed E-state index contributed by atoms with van der Waals surface area (Å²) in [5.74, 6) is 0. The smallest absolute Gasteiger partial charge is 0.282 e. The van der Waals surface area contributed by atoms with E-state index in [0.717, 1.165) is 12.3 Å². The van der Waals surface area contributed by atoms with Gasteiger partial charge in [0, 0.05) is 6.20 Å². The van der Waals surface area contributed by atoms with Crippen molar-refractivity contribution in [1.29, 1.82) is 0 Å². The lowest BCUT2D eigenvalue weighted by molar-refractivity contribution is 0.483. The van der Waals surface area contributed by atoms with Crippen molar-refractivity contribution in [2.75, 3.05) is 0 Å². The summed E-state index contributed by atoms with van der Waals surface area (Å²) in [7, 11) is -4.25. The van der Waals surface area contributed by atoms with Crippen LogP contribution in [-0.2, 0) is 10.1 Å². The molecule has 0 bridgehead atoms. The quantitative estimate of drug-likeness (QED) is 0.585. The molecule has 0 unspecified atom stereocenters. The Hall–Kier alpha value is -0.360. The molecule has 0 radical (unpaired) electrons. The van der Waals surface area contributed by atoms with Crippen LogP contribution in [0.5, 0.6) is 0 Å². The largest absolute Gasteiger partial charge is 0.296 e. The van der Waals surface area contributed by atoms with E-state index >= 15 is 0 Å². The monoisotopic (exact) mass is 227 g/mol. The Kier molecular flexibility index (Phi) is 2.58. The molecule has 0 aliphatic carbocycles. The maximum atomic E-state index is 10.5. The summed E-state index contributed by atoms with van der Waals surface area (Å²) >= 11 is 10.9. The minimum Gasteiger partial charge on any atom is -0.282 e. The van der Waals surface area contributed by atoms with Crippen molar-refractivity contribution in [3.05, 3.63) is 22.4 Å². The molecule has 1 rings (SSSR count). The highest BCUT2D eigenvalue weighted by molar-refractivity contribution is 7.85. The van der Waals surface area contributed by atoms with Gasteiger partial charge < -0.3 is 0 Å². The van der Waals surface area contributed by atoms with Crippen molar-refractivity contribution in [3.8, 4) is 0 Å². The van der Waals surface area contributed by atoms with Crippen molar-refractivity contribution in [3.63, 3.8) is 0 Å². The second-order valence-corrected chi connectivity index (χ2v) is 4.11. The maximum Gasteiger partial charge on any atom is 0.296 e. The molecule has 0 aliphatic heterocycles. The number of nitrogens with zero attached hydrogens (tertiary/aromatic N) is 1.